The van der Waals surface area contributed by atoms with Crippen LogP contribution in [-0.4, -0.2) is 0 Å². The van der Waals surface area contributed by atoms with Gasteiger partial charge >= 0.3 is 0 Å². The summed E-state index contributed by atoms with van der Waals surface area (Å²) in [5.41, 5.74) is 7.99. The number of rotatable bonds is 5. The van der Waals surface area contributed by atoms with Gasteiger partial charge in [-0.05, 0) is 75.9 Å². The van der Waals surface area contributed by atoms with E-state index in [0.717, 1.165) is 30.8 Å². The molecular weight excluding hydrogens is 450 g/mol. The van der Waals surface area contributed by atoms with E-state index in [1.807, 2.05) is 0 Å². The molecule has 1 aliphatic heterocycles. The lowest BCUT2D eigenvalue weighted by Gasteiger charge is -2.26. The van der Waals surface area contributed by atoms with Crippen LogP contribution in [-0.2, 0) is 19.9 Å². The molecule has 0 saturated carbocycles. The molecule has 6 rings (SSSR count). The van der Waals surface area contributed by atoms with Gasteiger partial charge in [0.05, 0.1) is 10.9 Å². The van der Waals surface area contributed by atoms with E-state index in [2.05, 4.69) is 108 Å². The van der Waals surface area contributed by atoms with Crippen molar-refractivity contribution in [3.63, 3.8) is 0 Å². The lowest BCUT2D eigenvalue weighted by atomic mass is 9.85. The third kappa shape index (κ3) is 3.64. The molecule has 1 aromatic heterocycles. The van der Waals surface area contributed by atoms with E-state index in [4.69, 9.17) is 4.74 Å². The van der Waals surface area contributed by atoms with Crippen LogP contribution in [0.25, 0.3) is 43.6 Å². The van der Waals surface area contributed by atoms with Crippen LogP contribution >= 0.6 is 0 Å². The van der Waals surface area contributed by atoms with E-state index in [-0.39, 0.29) is 0 Å². The van der Waals surface area contributed by atoms with Gasteiger partial charge in [-0.15, -0.1) is 0 Å². The number of fused-ring (bicyclic) bond motifs is 5. The van der Waals surface area contributed by atoms with Crippen LogP contribution < -0.4 is 9.30 Å². The van der Waals surface area contributed by atoms with E-state index < -0.39 is 0 Å². The van der Waals surface area contributed by atoms with E-state index in [1.165, 1.54) is 65.8 Å². The molecule has 1 aliphatic rings. The Bertz CT molecular complexity index is 1710. The number of ether oxygens (including phenoxy) is 1. The maximum absolute atomic E-state index is 7.00. The molecule has 4 aromatic carbocycles. The van der Waals surface area contributed by atoms with Crippen LogP contribution in [0.1, 0.15) is 69.2 Å². The summed E-state index contributed by atoms with van der Waals surface area (Å²) in [6.45, 7) is 13.7. The third-order valence-corrected chi connectivity index (χ3v) is 8.18. The number of aromatic nitrogens is 1. The molecule has 0 unspecified atom stereocenters. The predicted octanol–water partition coefficient (Wildman–Crippen LogP) is 9.33. The van der Waals surface area contributed by atoms with E-state index in [9.17, 15) is 0 Å². The van der Waals surface area contributed by atoms with Crippen LogP contribution in [0.4, 0.5) is 0 Å². The molecule has 0 atom stereocenters. The highest BCUT2D eigenvalue weighted by Gasteiger charge is 2.33. The lowest BCUT2D eigenvalue weighted by Crippen LogP contribution is -2.32. The Labute approximate surface area is 220 Å². The summed E-state index contributed by atoms with van der Waals surface area (Å²) in [6, 6.07) is 18.4. The van der Waals surface area contributed by atoms with Crippen LogP contribution in [0.5, 0.6) is 11.5 Å². The number of hydrogen-bond donors (Lipinski definition) is 0. The fraction of sp³-hybridized carbons (Fsp3) is 0.343. The van der Waals surface area contributed by atoms with Crippen molar-refractivity contribution in [1.29, 1.82) is 0 Å². The van der Waals surface area contributed by atoms with Gasteiger partial charge in [0.15, 0.2) is 6.20 Å². The zero-order valence-electron chi connectivity index (χ0n) is 23.3. The summed E-state index contributed by atoms with van der Waals surface area (Å²) in [6.07, 6.45) is 5.42. The molecule has 5 aromatic rings. The maximum Gasteiger partial charge on any atom is 0.228 e. The standard InChI is InChI=1S/C35H38NO/c1-8-10-28-26-14-13-23(17-20(2)3)18-29(26)22(6)32-34-33-27(15-16-36(34)7)25-12-9-11-24(21(4)5)30(25)19-31(33)37-35(28)32/h9,11-16,18-21H,8,10,17H2,1-7H3/q+1. The first-order valence-corrected chi connectivity index (χ1v) is 13.9. The lowest BCUT2D eigenvalue weighted by molar-refractivity contribution is -0.659. The highest BCUT2D eigenvalue weighted by atomic mass is 16.5. The summed E-state index contributed by atoms with van der Waals surface area (Å²) >= 11 is 0. The average molecular weight is 489 g/mol. The Morgan fingerprint density at radius 2 is 1.68 bits per heavy atom. The fourth-order valence-corrected chi connectivity index (χ4v) is 6.54. The van der Waals surface area contributed by atoms with Crippen molar-refractivity contribution in [2.75, 3.05) is 0 Å². The molecule has 0 fully saturated rings. The molecule has 0 spiro atoms. The van der Waals surface area contributed by atoms with Crippen molar-refractivity contribution in [1.82, 2.24) is 0 Å². The van der Waals surface area contributed by atoms with Gasteiger partial charge in [0.25, 0.3) is 0 Å². The van der Waals surface area contributed by atoms with Gasteiger partial charge in [-0.3, -0.25) is 0 Å². The van der Waals surface area contributed by atoms with E-state index in [0.29, 0.717) is 11.8 Å². The Balaban J connectivity index is 1.76. The minimum absolute atomic E-state index is 0.449. The van der Waals surface area contributed by atoms with E-state index >= 15 is 0 Å². The quantitative estimate of drug-likeness (QED) is 0.174. The van der Waals surface area contributed by atoms with Gasteiger partial charge in [0.2, 0.25) is 5.69 Å². The topological polar surface area (TPSA) is 13.1 Å². The highest BCUT2D eigenvalue weighted by Crippen LogP contribution is 2.52. The van der Waals surface area contributed by atoms with Crippen molar-refractivity contribution >= 4 is 32.3 Å². The van der Waals surface area contributed by atoms with Crippen molar-refractivity contribution < 1.29 is 9.30 Å². The minimum Gasteiger partial charge on any atom is -0.455 e. The second-order valence-electron chi connectivity index (χ2n) is 11.7. The number of aryl methyl sites for hydroxylation is 3. The van der Waals surface area contributed by atoms with Crippen LogP contribution in [0, 0.1) is 12.8 Å². The van der Waals surface area contributed by atoms with Gasteiger partial charge < -0.3 is 4.74 Å². The first-order valence-electron chi connectivity index (χ1n) is 13.9. The van der Waals surface area contributed by atoms with Gasteiger partial charge in [0.1, 0.15) is 18.5 Å². The second-order valence-corrected chi connectivity index (χ2v) is 11.7. The third-order valence-electron chi connectivity index (χ3n) is 8.18. The molecule has 2 heterocycles. The maximum atomic E-state index is 7.00. The van der Waals surface area contributed by atoms with Crippen molar-refractivity contribution in [3.8, 4) is 22.8 Å². The molecule has 0 saturated heterocycles. The largest absolute Gasteiger partial charge is 0.455 e. The zero-order chi connectivity index (χ0) is 26.0. The van der Waals surface area contributed by atoms with E-state index in [1.54, 1.807) is 0 Å². The number of benzene rings is 4. The molecule has 188 valence electrons. The van der Waals surface area contributed by atoms with Crippen molar-refractivity contribution in [2.45, 2.75) is 66.7 Å². The normalized spacial score (nSPS) is 12.7. The number of nitrogens with zero attached hydrogens (tertiary/aromatic N) is 1. The molecule has 0 radical (unpaired) electrons. The molecule has 0 bridgehead atoms. The molecule has 2 heteroatoms. The summed E-state index contributed by atoms with van der Waals surface area (Å²) in [5, 5.41) is 7.83. The number of hydrogen-bond acceptors (Lipinski definition) is 1. The van der Waals surface area contributed by atoms with Gasteiger partial charge in [-0.2, -0.15) is 0 Å². The average Bonchev–Trinajstić information content (AvgIpc) is 2.87. The van der Waals surface area contributed by atoms with Gasteiger partial charge in [-0.25, -0.2) is 4.57 Å². The second kappa shape index (κ2) is 8.87. The molecule has 2 nitrogen and oxygen atoms in total. The van der Waals surface area contributed by atoms with Crippen LogP contribution in [0.2, 0.25) is 0 Å². The zero-order valence-corrected chi connectivity index (χ0v) is 23.3. The smallest absolute Gasteiger partial charge is 0.228 e. The fourth-order valence-electron chi connectivity index (χ4n) is 6.54. The van der Waals surface area contributed by atoms with Gasteiger partial charge in [0, 0.05) is 17.0 Å². The first-order chi connectivity index (χ1) is 17.8. The minimum atomic E-state index is 0.449. The Hall–Kier alpha value is -3.39. The summed E-state index contributed by atoms with van der Waals surface area (Å²) in [4.78, 5) is 0. The first kappa shape index (κ1) is 24.0. The Kier molecular flexibility index (Phi) is 5.75. The molecule has 0 amide bonds. The molecule has 0 N–H and O–H groups in total. The molecular formula is C35H38NO+. The summed E-state index contributed by atoms with van der Waals surface area (Å²) < 4.78 is 9.30. The highest BCUT2D eigenvalue weighted by molar-refractivity contribution is 6.16. The SMILES string of the molecule is CCCc1c2c(c(C)c3cc(CC(C)C)ccc13)-c1c3c(cc4c(C(C)C)cccc4c3cc[n+]1C)O2. The predicted molar refractivity (Wildman–Crippen MR) is 157 cm³/mol. The monoisotopic (exact) mass is 488 g/mol. The van der Waals surface area contributed by atoms with Gasteiger partial charge in [-0.1, -0.05) is 77.4 Å². The summed E-state index contributed by atoms with van der Waals surface area (Å²) in [5.74, 6) is 3.13. The van der Waals surface area contributed by atoms with Crippen LogP contribution in [0.15, 0.2) is 54.7 Å². The van der Waals surface area contributed by atoms with Crippen molar-refractivity contribution in [2.24, 2.45) is 13.0 Å². The van der Waals surface area contributed by atoms with Crippen LogP contribution in [0.3, 0.4) is 0 Å². The molecule has 0 aliphatic carbocycles. The Morgan fingerprint density at radius 1 is 0.865 bits per heavy atom. The Morgan fingerprint density at radius 3 is 2.41 bits per heavy atom. The summed E-state index contributed by atoms with van der Waals surface area (Å²) in [7, 11) is 2.18. The molecule has 37 heavy (non-hydrogen) atoms. The van der Waals surface area contributed by atoms with Crippen molar-refractivity contribution in [3.05, 3.63) is 77.0 Å². The number of pyridine rings is 1.